The molecule has 0 atom stereocenters. The van der Waals surface area contributed by atoms with Crippen molar-refractivity contribution in [1.29, 1.82) is 0 Å². The Labute approximate surface area is 100 Å². The van der Waals surface area contributed by atoms with Crippen molar-refractivity contribution >= 4 is 11.6 Å². The zero-order chi connectivity index (χ0) is 11.8. The van der Waals surface area contributed by atoms with Crippen molar-refractivity contribution in [2.45, 2.75) is 26.2 Å². The van der Waals surface area contributed by atoms with Gasteiger partial charge in [-0.2, -0.15) is 4.98 Å². The van der Waals surface area contributed by atoms with Gasteiger partial charge in [0.25, 0.3) is 0 Å². The molecule has 0 unspecified atom stereocenters. The van der Waals surface area contributed by atoms with Gasteiger partial charge in [0.1, 0.15) is 5.82 Å². The van der Waals surface area contributed by atoms with E-state index in [0.717, 1.165) is 11.5 Å². The summed E-state index contributed by atoms with van der Waals surface area (Å²) in [5, 5.41) is 0.288. The Hall–Kier alpha value is -1.35. The smallest absolute Gasteiger partial charge is 0.224 e. The topological polar surface area (TPSA) is 30.7 Å². The van der Waals surface area contributed by atoms with Crippen molar-refractivity contribution in [3.63, 3.8) is 0 Å². The van der Waals surface area contributed by atoms with Crippen molar-refractivity contribution in [3.8, 4) is 5.82 Å². The summed E-state index contributed by atoms with van der Waals surface area (Å²) >= 11 is 5.94. The molecule has 3 nitrogen and oxygen atoms in total. The van der Waals surface area contributed by atoms with E-state index in [2.05, 4.69) is 30.7 Å². The Morgan fingerprint density at radius 1 is 1.12 bits per heavy atom. The first-order valence-electron chi connectivity index (χ1n) is 5.15. The minimum Gasteiger partial charge on any atom is -0.309 e. The van der Waals surface area contributed by atoms with Crippen molar-refractivity contribution in [2.24, 2.45) is 0 Å². The Morgan fingerprint density at radius 2 is 1.75 bits per heavy atom. The fraction of sp³-hybridized carbons (Fsp3) is 0.333. The molecule has 0 saturated carbocycles. The summed E-state index contributed by atoms with van der Waals surface area (Å²) in [4.78, 5) is 8.46. The quantitative estimate of drug-likeness (QED) is 0.711. The van der Waals surface area contributed by atoms with E-state index in [0.29, 0.717) is 0 Å². The van der Waals surface area contributed by atoms with E-state index in [1.54, 1.807) is 0 Å². The summed E-state index contributed by atoms with van der Waals surface area (Å²) in [5.41, 5.74) is 0.908. The minimum absolute atomic E-state index is 0.0333. The molecule has 0 bridgehead atoms. The van der Waals surface area contributed by atoms with Crippen LogP contribution in [0.25, 0.3) is 5.82 Å². The molecule has 4 heteroatoms. The number of hydrogen-bond donors (Lipinski definition) is 0. The number of nitrogens with zero attached hydrogens (tertiary/aromatic N) is 3. The average Bonchev–Trinajstić information content (AvgIpc) is 2.68. The summed E-state index contributed by atoms with van der Waals surface area (Å²) < 4.78 is 1.92. The lowest BCUT2D eigenvalue weighted by molar-refractivity contribution is 0.566. The van der Waals surface area contributed by atoms with Crippen molar-refractivity contribution in [3.05, 3.63) is 41.6 Å². The van der Waals surface area contributed by atoms with E-state index in [1.807, 2.05) is 35.2 Å². The number of rotatable bonds is 1. The maximum atomic E-state index is 5.94. The van der Waals surface area contributed by atoms with Crippen molar-refractivity contribution < 1.29 is 0 Å². The molecule has 0 aliphatic rings. The zero-order valence-electron chi connectivity index (χ0n) is 9.61. The first-order chi connectivity index (χ1) is 7.47. The van der Waals surface area contributed by atoms with Gasteiger partial charge < -0.3 is 4.57 Å². The van der Waals surface area contributed by atoms with Crippen LogP contribution in [0.15, 0.2) is 30.6 Å². The fourth-order valence-corrected chi connectivity index (χ4v) is 1.59. The van der Waals surface area contributed by atoms with Crippen LogP contribution in [-0.2, 0) is 5.41 Å². The molecule has 16 heavy (non-hydrogen) atoms. The average molecular weight is 236 g/mol. The maximum Gasteiger partial charge on any atom is 0.224 e. The monoisotopic (exact) mass is 235 g/mol. The van der Waals surface area contributed by atoms with Crippen LogP contribution in [0, 0.1) is 0 Å². The molecule has 0 N–H and O–H groups in total. The third kappa shape index (κ3) is 2.25. The van der Waals surface area contributed by atoms with Gasteiger partial charge in [-0.25, -0.2) is 4.98 Å². The van der Waals surface area contributed by atoms with Gasteiger partial charge in [-0.3, -0.25) is 0 Å². The van der Waals surface area contributed by atoms with Gasteiger partial charge in [0, 0.05) is 23.9 Å². The van der Waals surface area contributed by atoms with Crippen LogP contribution in [-0.4, -0.2) is 14.5 Å². The first-order valence-corrected chi connectivity index (χ1v) is 5.53. The summed E-state index contributed by atoms with van der Waals surface area (Å²) in [5.74, 6) is 0.801. The normalized spacial score (nSPS) is 11.8. The Kier molecular flexibility index (Phi) is 2.72. The van der Waals surface area contributed by atoms with E-state index in [4.69, 9.17) is 11.6 Å². The molecule has 0 fully saturated rings. The van der Waals surface area contributed by atoms with Gasteiger partial charge in [0.05, 0.1) is 5.69 Å². The van der Waals surface area contributed by atoms with Crippen LogP contribution in [0.1, 0.15) is 26.5 Å². The third-order valence-corrected chi connectivity index (χ3v) is 2.49. The maximum absolute atomic E-state index is 5.94. The highest BCUT2D eigenvalue weighted by atomic mass is 35.5. The molecular weight excluding hydrogens is 222 g/mol. The number of hydrogen-bond acceptors (Lipinski definition) is 2. The SMILES string of the molecule is CC(C)(C)c1cc(-n2cccc2)nc(Cl)n1. The van der Waals surface area contributed by atoms with Gasteiger partial charge in [-0.15, -0.1) is 0 Å². The summed E-state index contributed by atoms with van der Waals surface area (Å²) in [7, 11) is 0. The first kappa shape index (κ1) is 11.1. The molecule has 84 valence electrons. The Bertz CT molecular complexity index is 483. The van der Waals surface area contributed by atoms with E-state index >= 15 is 0 Å². The zero-order valence-corrected chi connectivity index (χ0v) is 10.4. The van der Waals surface area contributed by atoms with Gasteiger partial charge in [0.2, 0.25) is 5.28 Å². The predicted octanol–water partition coefficient (Wildman–Crippen LogP) is 3.22. The summed E-state index contributed by atoms with van der Waals surface area (Å²) in [6.07, 6.45) is 3.87. The van der Waals surface area contributed by atoms with Gasteiger partial charge in [-0.05, 0) is 23.7 Å². The van der Waals surface area contributed by atoms with E-state index in [1.165, 1.54) is 0 Å². The second-order valence-electron chi connectivity index (χ2n) is 4.72. The van der Waals surface area contributed by atoms with Crippen LogP contribution < -0.4 is 0 Å². The number of aromatic nitrogens is 3. The molecule has 0 aliphatic heterocycles. The fourth-order valence-electron chi connectivity index (χ4n) is 1.41. The van der Waals surface area contributed by atoms with E-state index < -0.39 is 0 Å². The van der Waals surface area contributed by atoms with Gasteiger partial charge >= 0.3 is 0 Å². The van der Waals surface area contributed by atoms with Crippen LogP contribution in [0.2, 0.25) is 5.28 Å². The summed E-state index contributed by atoms with van der Waals surface area (Å²) in [6, 6.07) is 5.87. The Balaban J connectivity index is 2.53. The highest BCUT2D eigenvalue weighted by molar-refractivity contribution is 6.28. The molecule has 0 amide bonds. The van der Waals surface area contributed by atoms with Crippen molar-refractivity contribution in [2.75, 3.05) is 0 Å². The number of halogens is 1. The molecule has 0 radical (unpaired) electrons. The van der Waals surface area contributed by atoms with Crippen LogP contribution >= 0.6 is 11.6 Å². The predicted molar refractivity (Wildman–Crippen MR) is 65.1 cm³/mol. The molecule has 0 aliphatic carbocycles. The largest absolute Gasteiger partial charge is 0.309 e. The lowest BCUT2D eigenvalue weighted by Crippen LogP contribution is -2.15. The van der Waals surface area contributed by atoms with Gasteiger partial charge in [0.15, 0.2) is 0 Å². The van der Waals surface area contributed by atoms with Crippen LogP contribution in [0.4, 0.5) is 0 Å². The summed E-state index contributed by atoms with van der Waals surface area (Å²) in [6.45, 7) is 6.31. The second-order valence-corrected chi connectivity index (χ2v) is 5.06. The third-order valence-electron chi connectivity index (χ3n) is 2.32. The van der Waals surface area contributed by atoms with E-state index in [-0.39, 0.29) is 10.7 Å². The lowest BCUT2D eigenvalue weighted by atomic mass is 9.92. The highest BCUT2D eigenvalue weighted by Gasteiger charge is 2.17. The Morgan fingerprint density at radius 3 is 2.31 bits per heavy atom. The molecule has 2 aromatic heterocycles. The molecule has 0 aromatic carbocycles. The molecule has 2 rings (SSSR count). The van der Waals surface area contributed by atoms with E-state index in [9.17, 15) is 0 Å². The molecule has 2 aromatic rings. The molecule has 0 spiro atoms. The highest BCUT2D eigenvalue weighted by Crippen LogP contribution is 2.23. The second kappa shape index (κ2) is 3.91. The molecule has 2 heterocycles. The molecular formula is C12H14ClN3. The van der Waals surface area contributed by atoms with Gasteiger partial charge in [-0.1, -0.05) is 20.8 Å². The lowest BCUT2D eigenvalue weighted by Gasteiger charge is -2.18. The van der Waals surface area contributed by atoms with Crippen molar-refractivity contribution in [1.82, 2.24) is 14.5 Å². The molecule has 0 saturated heterocycles. The minimum atomic E-state index is -0.0333. The van der Waals surface area contributed by atoms with Crippen LogP contribution in [0.3, 0.4) is 0 Å². The van der Waals surface area contributed by atoms with Crippen LogP contribution in [0.5, 0.6) is 0 Å². The standard InChI is InChI=1S/C12H14ClN3/c1-12(2,3)9-8-10(15-11(13)14-9)16-6-4-5-7-16/h4-8H,1-3H3.